The number of carbonyl (C=O) groups excluding carboxylic acids is 1. The van der Waals surface area contributed by atoms with Crippen LogP contribution in [0, 0.1) is 11.3 Å². The highest BCUT2D eigenvalue weighted by atomic mass is 19.4. The zero-order chi connectivity index (χ0) is 23.4. The Morgan fingerprint density at radius 3 is 2.35 bits per heavy atom. The van der Waals surface area contributed by atoms with Gasteiger partial charge >= 0.3 is 18.2 Å². The second-order valence-corrected chi connectivity index (χ2v) is 7.68. The van der Waals surface area contributed by atoms with Crippen molar-refractivity contribution in [3.8, 4) is 11.8 Å². The molecule has 1 aromatic carbocycles. The Labute approximate surface area is 177 Å². The van der Waals surface area contributed by atoms with Gasteiger partial charge in [-0.3, -0.25) is 4.90 Å². The monoisotopic (exact) mass is 443 g/mol. The van der Waals surface area contributed by atoms with Gasteiger partial charge in [-0.05, 0) is 44.5 Å². The number of nitrogens with zero attached hydrogens (tertiary/aromatic N) is 3. The normalized spacial score (nSPS) is 16.4. The highest BCUT2D eigenvalue weighted by Crippen LogP contribution is 2.25. The first-order valence-electron chi connectivity index (χ1n) is 9.53. The lowest BCUT2D eigenvalue weighted by Crippen LogP contribution is -2.49. The zero-order valence-corrected chi connectivity index (χ0v) is 17.4. The van der Waals surface area contributed by atoms with E-state index in [1.165, 1.54) is 30.9 Å². The van der Waals surface area contributed by atoms with E-state index in [4.69, 9.17) is 4.74 Å². The fourth-order valence-corrected chi connectivity index (χ4v) is 2.83. The van der Waals surface area contributed by atoms with E-state index < -0.39 is 29.9 Å². The summed E-state index contributed by atoms with van der Waals surface area (Å²) in [6, 6.07) is 6.72. The Morgan fingerprint density at radius 1 is 1.23 bits per heavy atom. The molecule has 1 N–H and O–H groups in total. The summed E-state index contributed by atoms with van der Waals surface area (Å²) in [5, 5.41) is 18.6. The van der Waals surface area contributed by atoms with E-state index in [0.717, 1.165) is 6.92 Å². The first kappa shape index (κ1) is 24.3. The van der Waals surface area contributed by atoms with Crippen molar-refractivity contribution in [2.45, 2.75) is 45.2 Å². The van der Waals surface area contributed by atoms with Crippen molar-refractivity contribution in [2.24, 2.45) is 0 Å². The minimum Gasteiger partial charge on any atom is -0.478 e. The van der Waals surface area contributed by atoms with Gasteiger partial charge in [0.25, 0.3) is 0 Å². The molecule has 1 saturated heterocycles. The van der Waals surface area contributed by atoms with Crippen LogP contribution in [0.5, 0.6) is 5.75 Å². The molecule has 0 saturated carbocycles. The topological polar surface area (TPSA) is 103 Å². The number of hydrogen-bond acceptors (Lipinski definition) is 6. The fraction of sp³-hybridized carbons (Fsp3) is 0.550. The molecule has 1 fully saturated rings. The standard InChI is InChI=1S/C20H24F3N3O5/c1-13(20(21,22)23)30-18(29)26-8-6-25(7-9-26)12-15-10-16(5-4-14(15)11-24)31-19(2,3)17(27)28/h4-5,10,13H,6-9,12H2,1-3H3,(H,27,28). The molecule has 31 heavy (non-hydrogen) atoms. The van der Waals surface area contributed by atoms with Gasteiger partial charge in [-0.25, -0.2) is 9.59 Å². The van der Waals surface area contributed by atoms with E-state index in [0.29, 0.717) is 36.5 Å². The van der Waals surface area contributed by atoms with Crippen LogP contribution < -0.4 is 4.74 Å². The Kier molecular flexibility index (Phi) is 7.38. The summed E-state index contributed by atoms with van der Waals surface area (Å²) in [5.74, 6) is -0.842. The van der Waals surface area contributed by atoms with Crippen LogP contribution >= 0.6 is 0 Å². The number of benzene rings is 1. The number of amides is 1. The van der Waals surface area contributed by atoms with Crippen molar-refractivity contribution in [1.82, 2.24) is 9.80 Å². The summed E-state index contributed by atoms with van der Waals surface area (Å²) in [6.07, 6.45) is -7.82. The van der Waals surface area contributed by atoms with E-state index in [1.54, 1.807) is 6.07 Å². The maximum absolute atomic E-state index is 12.6. The number of nitriles is 1. The number of carboxylic acids is 1. The zero-order valence-electron chi connectivity index (χ0n) is 17.4. The Bertz CT molecular complexity index is 859. The number of alkyl halides is 3. The van der Waals surface area contributed by atoms with Crippen LogP contribution in [0.25, 0.3) is 0 Å². The lowest BCUT2D eigenvalue weighted by atomic mass is 10.1. The van der Waals surface area contributed by atoms with Crippen molar-refractivity contribution in [3.63, 3.8) is 0 Å². The van der Waals surface area contributed by atoms with Gasteiger partial charge in [-0.15, -0.1) is 0 Å². The third-order valence-electron chi connectivity index (χ3n) is 4.85. The minimum absolute atomic E-state index is 0.174. The number of carboxylic acid groups (broad SMARTS) is 1. The number of hydrogen-bond donors (Lipinski definition) is 1. The highest BCUT2D eigenvalue weighted by Gasteiger charge is 2.40. The maximum Gasteiger partial charge on any atom is 0.425 e. The molecule has 1 aliphatic rings. The van der Waals surface area contributed by atoms with Crippen LogP contribution in [-0.4, -0.2) is 71.0 Å². The third-order valence-corrected chi connectivity index (χ3v) is 4.85. The molecular weight excluding hydrogens is 419 g/mol. The van der Waals surface area contributed by atoms with Crippen LogP contribution in [-0.2, 0) is 16.1 Å². The highest BCUT2D eigenvalue weighted by molar-refractivity contribution is 5.76. The first-order valence-corrected chi connectivity index (χ1v) is 9.53. The number of piperazine rings is 1. The number of carbonyl (C=O) groups is 2. The van der Waals surface area contributed by atoms with Gasteiger partial charge in [0.15, 0.2) is 11.7 Å². The predicted octanol–water partition coefficient (Wildman–Crippen LogP) is 3.01. The second-order valence-electron chi connectivity index (χ2n) is 7.68. The van der Waals surface area contributed by atoms with E-state index in [-0.39, 0.29) is 13.1 Å². The summed E-state index contributed by atoms with van der Waals surface area (Å²) >= 11 is 0. The molecule has 0 aromatic heterocycles. The summed E-state index contributed by atoms with van der Waals surface area (Å²) in [6.45, 7) is 5.00. The summed E-state index contributed by atoms with van der Waals surface area (Å²) in [4.78, 5) is 26.3. The van der Waals surface area contributed by atoms with Crippen LogP contribution in [0.1, 0.15) is 31.9 Å². The quantitative estimate of drug-likeness (QED) is 0.721. The van der Waals surface area contributed by atoms with Crippen LogP contribution in [0.4, 0.5) is 18.0 Å². The smallest absolute Gasteiger partial charge is 0.425 e. The molecule has 0 aliphatic carbocycles. The molecule has 8 nitrogen and oxygen atoms in total. The van der Waals surface area contributed by atoms with E-state index in [1.807, 2.05) is 4.90 Å². The molecule has 1 aliphatic heterocycles. The van der Waals surface area contributed by atoms with Gasteiger partial charge in [0, 0.05) is 32.7 Å². The lowest BCUT2D eigenvalue weighted by Gasteiger charge is -2.35. The molecule has 0 radical (unpaired) electrons. The average molecular weight is 443 g/mol. The third kappa shape index (κ3) is 6.49. The largest absolute Gasteiger partial charge is 0.478 e. The van der Waals surface area contributed by atoms with Crippen molar-refractivity contribution < 1.29 is 37.3 Å². The van der Waals surface area contributed by atoms with Gasteiger partial charge < -0.3 is 19.5 Å². The van der Waals surface area contributed by atoms with Gasteiger partial charge in [0.1, 0.15) is 5.75 Å². The van der Waals surface area contributed by atoms with Crippen molar-refractivity contribution in [3.05, 3.63) is 29.3 Å². The Balaban J connectivity index is 2.00. The summed E-state index contributed by atoms with van der Waals surface area (Å²) in [7, 11) is 0. The van der Waals surface area contributed by atoms with E-state index >= 15 is 0 Å². The van der Waals surface area contributed by atoms with E-state index in [2.05, 4.69) is 10.8 Å². The molecule has 1 aromatic rings. The van der Waals surface area contributed by atoms with Gasteiger partial charge in [0.2, 0.25) is 0 Å². The fourth-order valence-electron chi connectivity index (χ4n) is 2.83. The molecule has 170 valence electrons. The lowest BCUT2D eigenvalue weighted by molar-refractivity contribution is -0.200. The number of ether oxygens (including phenoxy) is 2. The SMILES string of the molecule is CC(OC(=O)N1CCN(Cc2cc(OC(C)(C)C(=O)O)ccc2C#N)CC1)C(F)(F)F. The van der Waals surface area contributed by atoms with Gasteiger partial charge in [-0.2, -0.15) is 18.4 Å². The molecule has 11 heteroatoms. The number of rotatable bonds is 6. The van der Waals surface area contributed by atoms with Crippen molar-refractivity contribution in [1.29, 1.82) is 5.26 Å². The average Bonchev–Trinajstić information content (AvgIpc) is 2.67. The Morgan fingerprint density at radius 2 is 1.84 bits per heavy atom. The molecule has 0 spiro atoms. The van der Waals surface area contributed by atoms with Crippen LogP contribution in [0.3, 0.4) is 0 Å². The van der Waals surface area contributed by atoms with Crippen molar-refractivity contribution >= 4 is 12.1 Å². The molecule has 2 rings (SSSR count). The Hall–Kier alpha value is -3.00. The molecule has 1 amide bonds. The second kappa shape index (κ2) is 9.43. The number of halogens is 3. The van der Waals surface area contributed by atoms with Gasteiger partial charge in [-0.1, -0.05) is 0 Å². The summed E-state index contributed by atoms with van der Waals surface area (Å²) in [5.41, 5.74) is -0.449. The number of aliphatic carboxylic acids is 1. The summed E-state index contributed by atoms with van der Waals surface area (Å²) < 4.78 is 47.7. The molecular formula is C20H24F3N3O5. The molecule has 1 unspecified atom stereocenters. The van der Waals surface area contributed by atoms with Crippen LogP contribution in [0.15, 0.2) is 18.2 Å². The molecule has 0 bridgehead atoms. The van der Waals surface area contributed by atoms with E-state index in [9.17, 15) is 33.1 Å². The predicted molar refractivity (Wildman–Crippen MR) is 102 cm³/mol. The molecule has 1 heterocycles. The van der Waals surface area contributed by atoms with Gasteiger partial charge in [0.05, 0.1) is 11.6 Å². The first-order chi connectivity index (χ1) is 14.3. The van der Waals surface area contributed by atoms with Crippen molar-refractivity contribution in [2.75, 3.05) is 26.2 Å². The molecule has 1 atom stereocenters. The van der Waals surface area contributed by atoms with Crippen LogP contribution in [0.2, 0.25) is 0 Å². The maximum atomic E-state index is 12.6. The minimum atomic E-state index is -4.62.